The molecule has 8 N–H and O–H groups in total. The molecular formula is C29H40N4O7. The van der Waals surface area contributed by atoms with Gasteiger partial charge in [0, 0.05) is 12.8 Å². The molecule has 2 rings (SSSR count). The third-order valence-electron chi connectivity index (χ3n) is 6.81. The molecule has 2 aromatic rings. The third kappa shape index (κ3) is 9.57. The van der Waals surface area contributed by atoms with Crippen LogP contribution in [0.25, 0.3) is 0 Å². The summed E-state index contributed by atoms with van der Waals surface area (Å²) in [5.74, 6) is -3.52. The fourth-order valence-corrected chi connectivity index (χ4v) is 3.98. The summed E-state index contributed by atoms with van der Waals surface area (Å²) in [5.41, 5.74) is 7.22. The number of nitrogens with two attached hydrogens (primary N) is 1. The minimum atomic E-state index is -1.31. The summed E-state index contributed by atoms with van der Waals surface area (Å²) >= 11 is 0. The van der Waals surface area contributed by atoms with Gasteiger partial charge in [-0.1, -0.05) is 58.4 Å². The molecule has 0 aliphatic carbocycles. The van der Waals surface area contributed by atoms with Crippen molar-refractivity contribution in [2.75, 3.05) is 0 Å². The van der Waals surface area contributed by atoms with E-state index >= 15 is 0 Å². The molecule has 0 aliphatic heterocycles. The second kappa shape index (κ2) is 14.9. The summed E-state index contributed by atoms with van der Waals surface area (Å²) in [6.45, 7) is 7.23. The molecule has 0 fully saturated rings. The lowest BCUT2D eigenvalue weighted by Crippen LogP contribution is -2.59. The largest absolute Gasteiger partial charge is 0.508 e. The van der Waals surface area contributed by atoms with E-state index in [2.05, 4.69) is 16.0 Å². The molecule has 0 aliphatic rings. The van der Waals surface area contributed by atoms with Crippen LogP contribution in [0.1, 0.15) is 45.2 Å². The highest BCUT2D eigenvalue weighted by Gasteiger charge is 2.32. The zero-order valence-corrected chi connectivity index (χ0v) is 23.3. The van der Waals surface area contributed by atoms with Gasteiger partial charge in [-0.2, -0.15) is 0 Å². The van der Waals surface area contributed by atoms with Crippen molar-refractivity contribution >= 4 is 23.7 Å². The Balaban J connectivity index is 2.27. The van der Waals surface area contributed by atoms with Crippen LogP contribution in [0.3, 0.4) is 0 Å². The standard InChI is InChI=1S/C29H40N4O7/c1-5-17(4)24(30)27(37)33-25(16(2)3)28(38)31-22(14-18-6-10-20(34)11-7-18)26(36)32-23(29(39)40)15-19-8-12-21(35)13-9-19/h6-13,16-17,22-25,34-35H,5,14-15,30H2,1-4H3,(H,31,38)(H,32,36)(H,33,37)(H,39,40). The van der Waals surface area contributed by atoms with Crippen molar-refractivity contribution in [2.45, 2.75) is 71.1 Å². The van der Waals surface area contributed by atoms with Gasteiger partial charge in [-0.05, 0) is 47.2 Å². The van der Waals surface area contributed by atoms with Crippen molar-refractivity contribution in [3.8, 4) is 11.5 Å². The SMILES string of the molecule is CCC(C)C(N)C(=O)NC(C(=O)NC(Cc1ccc(O)cc1)C(=O)NC(Cc1ccc(O)cc1)C(=O)O)C(C)C. The van der Waals surface area contributed by atoms with Gasteiger partial charge in [0.1, 0.15) is 29.6 Å². The first-order chi connectivity index (χ1) is 18.8. The average molecular weight is 557 g/mol. The van der Waals surface area contributed by atoms with Gasteiger partial charge >= 0.3 is 5.97 Å². The molecule has 5 atom stereocenters. The number of carbonyl (C=O) groups excluding carboxylic acids is 3. The first-order valence-electron chi connectivity index (χ1n) is 13.3. The van der Waals surface area contributed by atoms with Crippen LogP contribution in [0.5, 0.6) is 11.5 Å². The number of phenolic OH excluding ortho intramolecular Hbond substituents is 2. The van der Waals surface area contributed by atoms with E-state index in [0.717, 1.165) is 0 Å². The van der Waals surface area contributed by atoms with Gasteiger partial charge in [-0.25, -0.2) is 4.79 Å². The molecule has 218 valence electrons. The Morgan fingerprint density at radius 3 is 1.60 bits per heavy atom. The van der Waals surface area contributed by atoms with Crippen LogP contribution in [0.15, 0.2) is 48.5 Å². The Morgan fingerprint density at radius 2 is 1.18 bits per heavy atom. The number of benzene rings is 2. The van der Waals surface area contributed by atoms with Crippen molar-refractivity contribution in [3.05, 3.63) is 59.7 Å². The summed E-state index contributed by atoms with van der Waals surface area (Å²) < 4.78 is 0. The fraction of sp³-hybridized carbons (Fsp3) is 0.448. The molecule has 0 saturated heterocycles. The van der Waals surface area contributed by atoms with Crippen molar-refractivity contribution in [2.24, 2.45) is 17.6 Å². The highest BCUT2D eigenvalue weighted by Crippen LogP contribution is 2.14. The lowest BCUT2D eigenvalue weighted by molar-refractivity contribution is -0.142. The zero-order valence-electron chi connectivity index (χ0n) is 23.3. The minimum absolute atomic E-state index is 0.00541. The first-order valence-corrected chi connectivity index (χ1v) is 13.3. The van der Waals surface area contributed by atoms with E-state index in [1.54, 1.807) is 38.1 Å². The molecule has 11 heteroatoms. The fourth-order valence-electron chi connectivity index (χ4n) is 3.98. The Labute approximate surface area is 234 Å². The zero-order chi connectivity index (χ0) is 30.0. The lowest BCUT2D eigenvalue weighted by Gasteiger charge is -2.28. The van der Waals surface area contributed by atoms with E-state index in [1.807, 2.05) is 13.8 Å². The lowest BCUT2D eigenvalue weighted by atomic mass is 9.97. The Morgan fingerprint density at radius 1 is 0.725 bits per heavy atom. The van der Waals surface area contributed by atoms with Crippen molar-refractivity contribution < 1.29 is 34.5 Å². The number of amides is 3. The summed E-state index contributed by atoms with van der Waals surface area (Å²) in [6.07, 6.45) is 0.616. The number of hydrogen-bond acceptors (Lipinski definition) is 7. The van der Waals surface area contributed by atoms with E-state index in [-0.39, 0.29) is 36.2 Å². The number of rotatable bonds is 14. The summed E-state index contributed by atoms with van der Waals surface area (Å²) in [7, 11) is 0. The van der Waals surface area contributed by atoms with Crippen LogP contribution >= 0.6 is 0 Å². The minimum Gasteiger partial charge on any atom is -0.508 e. The van der Waals surface area contributed by atoms with Crippen LogP contribution < -0.4 is 21.7 Å². The van der Waals surface area contributed by atoms with Crippen LogP contribution in [0.2, 0.25) is 0 Å². The highest BCUT2D eigenvalue weighted by molar-refractivity contribution is 5.94. The van der Waals surface area contributed by atoms with E-state index in [1.165, 1.54) is 24.3 Å². The molecule has 0 heterocycles. The van der Waals surface area contributed by atoms with E-state index in [0.29, 0.717) is 17.5 Å². The molecule has 0 radical (unpaired) electrons. The van der Waals surface area contributed by atoms with Gasteiger partial charge in [-0.3, -0.25) is 14.4 Å². The number of phenols is 2. The van der Waals surface area contributed by atoms with Gasteiger partial charge in [0.05, 0.1) is 6.04 Å². The average Bonchev–Trinajstić information content (AvgIpc) is 2.91. The molecule has 0 saturated carbocycles. The molecule has 5 unspecified atom stereocenters. The van der Waals surface area contributed by atoms with Crippen LogP contribution in [0, 0.1) is 11.8 Å². The molecule has 11 nitrogen and oxygen atoms in total. The van der Waals surface area contributed by atoms with Gasteiger partial charge < -0.3 is 37.0 Å². The van der Waals surface area contributed by atoms with Crippen LogP contribution in [-0.2, 0) is 32.0 Å². The molecule has 0 spiro atoms. The van der Waals surface area contributed by atoms with Crippen molar-refractivity contribution in [3.63, 3.8) is 0 Å². The number of aliphatic carboxylic acids is 1. The monoisotopic (exact) mass is 556 g/mol. The number of carboxylic acids is 1. The van der Waals surface area contributed by atoms with E-state index in [9.17, 15) is 34.5 Å². The van der Waals surface area contributed by atoms with Crippen LogP contribution in [0.4, 0.5) is 0 Å². The molecule has 3 amide bonds. The van der Waals surface area contributed by atoms with Crippen molar-refractivity contribution in [1.29, 1.82) is 0 Å². The summed E-state index contributed by atoms with van der Waals surface area (Å²) in [5, 5.41) is 36.7. The van der Waals surface area contributed by atoms with Gasteiger partial charge in [-0.15, -0.1) is 0 Å². The Bertz CT molecular complexity index is 1150. The number of hydrogen-bond donors (Lipinski definition) is 7. The van der Waals surface area contributed by atoms with Crippen LogP contribution in [-0.4, -0.2) is 63.2 Å². The van der Waals surface area contributed by atoms with E-state index in [4.69, 9.17) is 5.73 Å². The maximum absolute atomic E-state index is 13.4. The number of aromatic hydroxyl groups is 2. The van der Waals surface area contributed by atoms with E-state index < -0.39 is 47.9 Å². The van der Waals surface area contributed by atoms with Gasteiger partial charge in [0.25, 0.3) is 0 Å². The predicted octanol–water partition coefficient (Wildman–Crippen LogP) is 1.45. The molecule has 40 heavy (non-hydrogen) atoms. The maximum atomic E-state index is 13.4. The number of carboxylic acid groups (broad SMARTS) is 1. The number of carbonyl (C=O) groups is 4. The molecule has 0 aromatic heterocycles. The second-order valence-electron chi connectivity index (χ2n) is 10.3. The molecule has 0 bridgehead atoms. The smallest absolute Gasteiger partial charge is 0.326 e. The Hall–Kier alpha value is -4.12. The molecular weight excluding hydrogens is 516 g/mol. The first kappa shape index (κ1) is 32.1. The topological polar surface area (TPSA) is 191 Å². The normalized spacial score (nSPS) is 14.8. The van der Waals surface area contributed by atoms with Gasteiger partial charge in [0.15, 0.2) is 0 Å². The quantitative estimate of drug-likeness (QED) is 0.182. The number of nitrogens with one attached hydrogen (secondary N) is 3. The highest BCUT2D eigenvalue weighted by atomic mass is 16.4. The van der Waals surface area contributed by atoms with Gasteiger partial charge in [0.2, 0.25) is 17.7 Å². The maximum Gasteiger partial charge on any atom is 0.326 e. The van der Waals surface area contributed by atoms with Crippen molar-refractivity contribution in [1.82, 2.24) is 16.0 Å². The summed E-state index contributed by atoms with van der Waals surface area (Å²) in [4.78, 5) is 51.4. The summed E-state index contributed by atoms with van der Waals surface area (Å²) in [6, 6.07) is 7.64. The Kier molecular flexibility index (Phi) is 11.9. The second-order valence-corrected chi connectivity index (χ2v) is 10.3. The molecule has 2 aromatic carbocycles. The predicted molar refractivity (Wildman–Crippen MR) is 149 cm³/mol. The third-order valence-corrected chi connectivity index (χ3v) is 6.81.